The summed E-state index contributed by atoms with van der Waals surface area (Å²) in [6.45, 7) is 1.10. The molecule has 0 aliphatic heterocycles. The van der Waals surface area contributed by atoms with Crippen LogP contribution in [0, 0.1) is 5.92 Å². The quantitative estimate of drug-likeness (QED) is 0.634. The van der Waals surface area contributed by atoms with Gasteiger partial charge in [0.1, 0.15) is 0 Å². The molecule has 0 atom stereocenters. The summed E-state index contributed by atoms with van der Waals surface area (Å²) in [6, 6.07) is 0. The van der Waals surface area contributed by atoms with Gasteiger partial charge in [0.2, 0.25) is 0 Å². The van der Waals surface area contributed by atoms with Gasteiger partial charge in [0.15, 0.2) is 0 Å². The standard InChI is InChI=1S/C8H15NS.H2/c10-7-9-6-8-4-2-1-3-5-8;/h7-8H,1-6H2,(H,9,10);1H. The summed E-state index contributed by atoms with van der Waals surface area (Å²) in [4.78, 5) is 0. The molecule has 1 aliphatic rings. The Balaban J connectivity index is 0.000001000. The number of nitrogens with one attached hydrogen (secondary N) is 1. The van der Waals surface area contributed by atoms with E-state index in [1.54, 1.807) is 5.49 Å². The van der Waals surface area contributed by atoms with Gasteiger partial charge in [0, 0.05) is 7.97 Å². The lowest BCUT2D eigenvalue weighted by atomic mass is 9.89. The third-order valence-corrected chi connectivity index (χ3v) is 2.38. The van der Waals surface area contributed by atoms with E-state index < -0.39 is 0 Å². The fourth-order valence-corrected chi connectivity index (χ4v) is 1.70. The normalized spacial score (nSPS) is 20.4. The molecule has 2 heteroatoms. The second-order valence-electron chi connectivity index (χ2n) is 3.03. The minimum atomic E-state index is 0. The number of thiocarbonyl (C=S) groups is 1. The van der Waals surface area contributed by atoms with Crippen molar-refractivity contribution in [2.45, 2.75) is 32.1 Å². The second kappa shape index (κ2) is 4.67. The smallest absolute Gasteiger partial charge is 0.0614 e. The van der Waals surface area contributed by atoms with Gasteiger partial charge in [0.25, 0.3) is 0 Å². The first-order chi connectivity index (χ1) is 4.93. The van der Waals surface area contributed by atoms with Crippen molar-refractivity contribution in [3.05, 3.63) is 0 Å². The van der Waals surface area contributed by atoms with Crippen LogP contribution in [0.1, 0.15) is 33.5 Å². The Morgan fingerprint density at radius 1 is 1.40 bits per heavy atom. The zero-order valence-corrected chi connectivity index (χ0v) is 7.12. The summed E-state index contributed by atoms with van der Waals surface area (Å²) in [6.07, 6.45) is 7.08. The third kappa shape index (κ3) is 2.65. The van der Waals surface area contributed by atoms with Gasteiger partial charge in [0.05, 0.1) is 5.49 Å². The predicted octanol–water partition coefficient (Wildman–Crippen LogP) is 2.36. The molecule has 0 radical (unpaired) electrons. The first-order valence-electron chi connectivity index (χ1n) is 4.10. The molecule has 0 aromatic rings. The molecule has 0 aromatic carbocycles. The molecule has 0 spiro atoms. The Morgan fingerprint density at radius 2 is 2.10 bits per heavy atom. The van der Waals surface area contributed by atoms with E-state index in [0.717, 1.165) is 12.5 Å². The van der Waals surface area contributed by atoms with Crippen LogP contribution in [0.3, 0.4) is 0 Å². The maximum Gasteiger partial charge on any atom is 0.0614 e. The van der Waals surface area contributed by atoms with Gasteiger partial charge < -0.3 is 5.32 Å². The number of hydrogen-bond donors (Lipinski definition) is 1. The van der Waals surface area contributed by atoms with Crippen molar-refractivity contribution in [3.8, 4) is 0 Å². The van der Waals surface area contributed by atoms with E-state index in [9.17, 15) is 0 Å². The highest BCUT2D eigenvalue weighted by Gasteiger charge is 2.11. The minimum Gasteiger partial charge on any atom is -0.382 e. The zero-order chi connectivity index (χ0) is 7.23. The molecular formula is C8H17NS. The van der Waals surface area contributed by atoms with E-state index >= 15 is 0 Å². The van der Waals surface area contributed by atoms with Gasteiger partial charge in [-0.3, -0.25) is 0 Å². The van der Waals surface area contributed by atoms with Crippen molar-refractivity contribution in [1.82, 2.24) is 5.32 Å². The summed E-state index contributed by atoms with van der Waals surface area (Å²) in [5, 5.41) is 3.11. The number of rotatable bonds is 3. The largest absolute Gasteiger partial charge is 0.382 e. The molecule has 1 nitrogen and oxygen atoms in total. The van der Waals surface area contributed by atoms with Gasteiger partial charge in [-0.1, -0.05) is 31.5 Å². The van der Waals surface area contributed by atoms with Crippen molar-refractivity contribution < 1.29 is 1.43 Å². The molecule has 0 amide bonds. The van der Waals surface area contributed by atoms with E-state index in [1.165, 1.54) is 32.1 Å². The lowest BCUT2D eigenvalue weighted by Crippen LogP contribution is -2.22. The van der Waals surface area contributed by atoms with Crippen LogP contribution in [-0.2, 0) is 0 Å². The Bertz CT molecular complexity index is 102. The highest BCUT2D eigenvalue weighted by atomic mass is 32.1. The summed E-state index contributed by atoms with van der Waals surface area (Å²) < 4.78 is 0. The van der Waals surface area contributed by atoms with Crippen LogP contribution in [-0.4, -0.2) is 12.0 Å². The Hall–Kier alpha value is -0.110. The zero-order valence-electron chi connectivity index (χ0n) is 6.31. The average Bonchev–Trinajstić information content (AvgIpc) is 2.03. The summed E-state index contributed by atoms with van der Waals surface area (Å²) in [7, 11) is 0. The van der Waals surface area contributed by atoms with E-state index in [0.29, 0.717) is 0 Å². The van der Waals surface area contributed by atoms with Gasteiger partial charge in [-0.05, 0) is 18.8 Å². The fraction of sp³-hybridized carbons (Fsp3) is 0.875. The van der Waals surface area contributed by atoms with E-state index in [1.807, 2.05) is 0 Å². The molecule has 60 valence electrons. The van der Waals surface area contributed by atoms with Crippen LogP contribution in [0.25, 0.3) is 0 Å². The fourth-order valence-electron chi connectivity index (χ4n) is 1.61. The van der Waals surface area contributed by atoms with Crippen molar-refractivity contribution in [2.24, 2.45) is 5.92 Å². The van der Waals surface area contributed by atoms with E-state index in [2.05, 4.69) is 17.5 Å². The van der Waals surface area contributed by atoms with Crippen LogP contribution < -0.4 is 5.32 Å². The topological polar surface area (TPSA) is 12.0 Å². The van der Waals surface area contributed by atoms with Gasteiger partial charge >= 0.3 is 0 Å². The summed E-state index contributed by atoms with van der Waals surface area (Å²) in [5.74, 6) is 0.896. The lowest BCUT2D eigenvalue weighted by Gasteiger charge is -2.20. The molecule has 0 heterocycles. The molecular weight excluding hydrogens is 142 g/mol. The Morgan fingerprint density at radius 3 is 2.70 bits per heavy atom. The maximum atomic E-state index is 4.68. The molecule has 0 aromatic heterocycles. The Labute approximate surface area is 69.7 Å². The van der Waals surface area contributed by atoms with Gasteiger partial charge in [-0.25, -0.2) is 0 Å². The van der Waals surface area contributed by atoms with Crippen LogP contribution in [0.5, 0.6) is 0 Å². The molecule has 0 bridgehead atoms. The van der Waals surface area contributed by atoms with E-state index in [4.69, 9.17) is 0 Å². The average molecular weight is 159 g/mol. The number of hydrogen-bond acceptors (Lipinski definition) is 1. The second-order valence-corrected chi connectivity index (χ2v) is 3.27. The maximum absolute atomic E-state index is 4.68. The Kier molecular flexibility index (Phi) is 3.73. The molecule has 10 heavy (non-hydrogen) atoms. The van der Waals surface area contributed by atoms with Crippen molar-refractivity contribution in [1.29, 1.82) is 0 Å². The van der Waals surface area contributed by atoms with Gasteiger partial charge in [-0.2, -0.15) is 0 Å². The molecule has 1 saturated carbocycles. The molecule has 0 unspecified atom stereocenters. The van der Waals surface area contributed by atoms with Crippen LogP contribution in [0.2, 0.25) is 0 Å². The van der Waals surface area contributed by atoms with Crippen molar-refractivity contribution >= 4 is 17.7 Å². The molecule has 1 N–H and O–H groups in total. The first-order valence-corrected chi connectivity index (χ1v) is 4.57. The van der Waals surface area contributed by atoms with Crippen LogP contribution in [0.15, 0.2) is 0 Å². The highest BCUT2D eigenvalue weighted by molar-refractivity contribution is 7.78. The van der Waals surface area contributed by atoms with Crippen molar-refractivity contribution in [2.75, 3.05) is 6.54 Å². The molecule has 1 fully saturated rings. The monoisotopic (exact) mass is 159 g/mol. The molecule has 0 saturated heterocycles. The summed E-state index contributed by atoms with van der Waals surface area (Å²) >= 11 is 4.68. The van der Waals surface area contributed by atoms with Gasteiger partial charge in [-0.15, -0.1) is 0 Å². The SMILES string of the molecule is S=CNCC1CCCCC1.[HH]. The molecule has 1 aliphatic carbocycles. The summed E-state index contributed by atoms with van der Waals surface area (Å²) in [5.41, 5.74) is 1.63. The highest BCUT2D eigenvalue weighted by Crippen LogP contribution is 2.22. The minimum absolute atomic E-state index is 0. The van der Waals surface area contributed by atoms with Crippen molar-refractivity contribution in [3.63, 3.8) is 0 Å². The lowest BCUT2D eigenvalue weighted by molar-refractivity contribution is 0.358. The van der Waals surface area contributed by atoms with Crippen LogP contribution >= 0.6 is 12.2 Å². The molecule has 1 rings (SSSR count). The predicted molar refractivity (Wildman–Crippen MR) is 50.3 cm³/mol. The third-order valence-electron chi connectivity index (χ3n) is 2.21. The van der Waals surface area contributed by atoms with Crippen LogP contribution in [0.4, 0.5) is 0 Å². The first kappa shape index (κ1) is 7.99. The van der Waals surface area contributed by atoms with E-state index in [-0.39, 0.29) is 1.43 Å².